The molecule has 10 heteroatoms. The van der Waals surface area contributed by atoms with Gasteiger partial charge in [0.2, 0.25) is 0 Å². The molecule has 5 rings (SSSR count). The lowest BCUT2D eigenvalue weighted by Crippen LogP contribution is -2.54. The maximum Gasteiger partial charge on any atom is 0.338 e. The first-order valence-electron chi connectivity index (χ1n) is 14.1. The van der Waals surface area contributed by atoms with Crippen LogP contribution in [0.1, 0.15) is 41.4 Å². The van der Waals surface area contributed by atoms with E-state index in [-0.39, 0.29) is 22.3 Å². The fourth-order valence-electron chi connectivity index (χ4n) is 4.77. The van der Waals surface area contributed by atoms with Gasteiger partial charge in [-0.1, -0.05) is 72.8 Å². The maximum absolute atomic E-state index is 13.4. The van der Waals surface area contributed by atoms with Gasteiger partial charge in [0.15, 0.2) is 24.1 Å². The Hall–Kier alpha value is -5.32. The van der Waals surface area contributed by atoms with E-state index in [2.05, 4.69) is 0 Å². The van der Waals surface area contributed by atoms with Gasteiger partial charge in [-0.05, 0) is 48.5 Å². The highest BCUT2D eigenvalue weighted by Crippen LogP contribution is 2.38. The van der Waals surface area contributed by atoms with E-state index in [1.54, 1.807) is 121 Å². The van der Waals surface area contributed by atoms with Gasteiger partial charge < -0.3 is 28.4 Å². The van der Waals surface area contributed by atoms with E-state index in [9.17, 15) is 19.2 Å². The third-order valence-electron chi connectivity index (χ3n) is 7.08. The first-order chi connectivity index (χ1) is 21.9. The van der Waals surface area contributed by atoms with Crippen LogP contribution >= 0.6 is 0 Å². The van der Waals surface area contributed by atoms with Gasteiger partial charge in [0, 0.05) is 7.11 Å². The summed E-state index contributed by atoms with van der Waals surface area (Å²) in [6.07, 6.45) is -4.13. The Bertz CT molecular complexity index is 1540. The topological polar surface area (TPSA) is 124 Å². The van der Waals surface area contributed by atoms with Crippen LogP contribution in [0, 0.1) is 0 Å². The summed E-state index contributed by atoms with van der Waals surface area (Å²) in [6.45, 7) is -1.12. The van der Waals surface area contributed by atoms with Crippen LogP contribution in [0.4, 0.5) is 0 Å². The van der Waals surface area contributed by atoms with E-state index in [1.165, 1.54) is 7.11 Å². The first kappa shape index (κ1) is 31.1. The Morgan fingerprint density at radius 1 is 0.556 bits per heavy atom. The van der Waals surface area contributed by atoms with E-state index in [4.69, 9.17) is 28.4 Å². The standard InChI is InChI=1S/C35H30O10/c1-40-34-28(43-32(38)26-18-10-4-11-19-26)29(44-33(39)27-20-12-5-13-21-27)35(45-34,22-41-30(36)24-14-6-2-7-15-24)23-42-31(37)25-16-8-3-9-17-25/h2-21,28-29,34H,22-23H2,1H3/t28-,29+,34-/m1/s1. The molecule has 1 saturated heterocycles. The highest BCUT2D eigenvalue weighted by atomic mass is 16.7. The molecule has 1 aliphatic rings. The fraction of sp³-hybridized carbons (Fsp3) is 0.200. The Morgan fingerprint density at radius 3 is 1.29 bits per heavy atom. The Balaban J connectivity index is 1.51. The zero-order valence-corrected chi connectivity index (χ0v) is 24.3. The number of methoxy groups -OCH3 is 1. The Kier molecular flexibility index (Phi) is 9.98. The maximum atomic E-state index is 13.4. The second-order valence-electron chi connectivity index (χ2n) is 10.1. The van der Waals surface area contributed by atoms with Crippen LogP contribution in [0.25, 0.3) is 0 Å². The lowest BCUT2D eigenvalue weighted by Gasteiger charge is -2.33. The van der Waals surface area contributed by atoms with Gasteiger partial charge in [0.1, 0.15) is 13.2 Å². The molecule has 3 atom stereocenters. The molecule has 10 nitrogen and oxygen atoms in total. The molecular weight excluding hydrogens is 580 g/mol. The smallest absolute Gasteiger partial charge is 0.338 e. The van der Waals surface area contributed by atoms with Crippen molar-refractivity contribution < 1.29 is 47.6 Å². The zero-order valence-electron chi connectivity index (χ0n) is 24.3. The molecule has 1 heterocycles. The van der Waals surface area contributed by atoms with Crippen LogP contribution < -0.4 is 0 Å². The van der Waals surface area contributed by atoms with Crippen molar-refractivity contribution in [1.82, 2.24) is 0 Å². The molecule has 0 bridgehead atoms. The summed E-state index contributed by atoms with van der Waals surface area (Å²) in [5.74, 6) is -2.94. The summed E-state index contributed by atoms with van der Waals surface area (Å²) in [7, 11) is 1.31. The summed E-state index contributed by atoms with van der Waals surface area (Å²) in [5.41, 5.74) is -0.936. The Morgan fingerprint density at radius 2 is 0.911 bits per heavy atom. The average molecular weight is 611 g/mol. The predicted octanol–water partition coefficient (Wildman–Crippen LogP) is 4.89. The van der Waals surface area contributed by atoms with Crippen molar-refractivity contribution in [3.8, 4) is 0 Å². The second-order valence-corrected chi connectivity index (χ2v) is 10.1. The lowest BCUT2D eigenvalue weighted by atomic mass is 9.96. The van der Waals surface area contributed by atoms with E-state index in [1.807, 2.05) is 0 Å². The molecular formula is C35H30O10. The highest BCUT2D eigenvalue weighted by molar-refractivity contribution is 5.91. The van der Waals surface area contributed by atoms with Crippen LogP contribution in [-0.2, 0) is 28.4 Å². The van der Waals surface area contributed by atoms with Crippen LogP contribution in [-0.4, -0.2) is 68.3 Å². The van der Waals surface area contributed by atoms with Crippen LogP contribution in [0.3, 0.4) is 0 Å². The fourth-order valence-corrected chi connectivity index (χ4v) is 4.77. The third-order valence-corrected chi connectivity index (χ3v) is 7.08. The van der Waals surface area contributed by atoms with Crippen LogP contribution in [0.5, 0.6) is 0 Å². The number of esters is 4. The van der Waals surface area contributed by atoms with Crippen molar-refractivity contribution in [2.45, 2.75) is 24.1 Å². The lowest BCUT2D eigenvalue weighted by molar-refractivity contribution is -0.199. The molecule has 0 spiro atoms. The van der Waals surface area contributed by atoms with Gasteiger partial charge in [0.25, 0.3) is 0 Å². The number of rotatable bonds is 11. The summed E-state index contributed by atoms with van der Waals surface area (Å²) in [4.78, 5) is 52.7. The third kappa shape index (κ3) is 7.43. The molecule has 0 unspecified atom stereocenters. The number of ether oxygens (including phenoxy) is 6. The van der Waals surface area contributed by atoms with Crippen molar-refractivity contribution in [2.24, 2.45) is 0 Å². The van der Waals surface area contributed by atoms with Gasteiger partial charge in [-0.15, -0.1) is 0 Å². The SMILES string of the molecule is CO[C@@H]1OC(COC(=O)c2ccccc2)(COC(=O)c2ccccc2)[C@@H](OC(=O)c2ccccc2)[C@H]1OC(=O)c1ccccc1. The van der Waals surface area contributed by atoms with Gasteiger partial charge in [-0.2, -0.15) is 0 Å². The van der Waals surface area contributed by atoms with Crippen LogP contribution in [0.15, 0.2) is 121 Å². The molecule has 45 heavy (non-hydrogen) atoms. The van der Waals surface area contributed by atoms with E-state index >= 15 is 0 Å². The van der Waals surface area contributed by atoms with E-state index < -0.39 is 61.2 Å². The zero-order chi connectivity index (χ0) is 31.6. The van der Waals surface area contributed by atoms with Crippen molar-refractivity contribution >= 4 is 23.9 Å². The van der Waals surface area contributed by atoms with Crippen molar-refractivity contribution in [3.63, 3.8) is 0 Å². The van der Waals surface area contributed by atoms with Gasteiger partial charge in [-0.25, -0.2) is 19.2 Å². The molecule has 0 N–H and O–H groups in total. The molecule has 0 aromatic heterocycles. The largest absolute Gasteiger partial charge is 0.459 e. The molecule has 1 fully saturated rings. The van der Waals surface area contributed by atoms with E-state index in [0.29, 0.717) is 0 Å². The number of carbonyl (C=O) groups is 4. The molecule has 4 aromatic carbocycles. The molecule has 4 aromatic rings. The van der Waals surface area contributed by atoms with Gasteiger partial charge in [-0.3, -0.25) is 0 Å². The van der Waals surface area contributed by atoms with Gasteiger partial charge in [0.05, 0.1) is 22.3 Å². The molecule has 0 amide bonds. The highest BCUT2D eigenvalue weighted by Gasteiger charge is 2.61. The second kappa shape index (κ2) is 14.4. The number of hydrogen-bond acceptors (Lipinski definition) is 10. The molecule has 1 aliphatic heterocycles. The predicted molar refractivity (Wildman–Crippen MR) is 159 cm³/mol. The van der Waals surface area contributed by atoms with Gasteiger partial charge >= 0.3 is 23.9 Å². The van der Waals surface area contributed by atoms with Crippen LogP contribution in [0.2, 0.25) is 0 Å². The van der Waals surface area contributed by atoms with Crippen molar-refractivity contribution in [1.29, 1.82) is 0 Å². The molecule has 0 aliphatic carbocycles. The van der Waals surface area contributed by atoms with E-state index in [0.717, 1.165) is 0 Å². The minimum absolute atomic E-state index is 0.197. The summed E-state index contributed by atoms with van der Waals surface area (Å²) in [5, 5.41) is 0. The summed E-state index contributed by atoms with van der Waals surface area (Å²) in [6, 6.07) is 32.8. The Labute approximate surface area is 259 Å². The minimum atomic E-state index is -1.86. The monoisotopic (exact) mass is 610 g/mol. The molecule has 230 valence electrons. The molecule has 0 radical (unpaired) electrons. The van der Waals surface area contributed by atoms with Crippen molar-refractivity contribution in [3.05, 3.63) is 144 Å². The normalized spacial score (nSPS) is 18.4. The summed E-state index contributed by atoms with van der Waals surface area (Å²) >= 11 is 0. The first-order valence-corrected chi connectivity index (χ1v) is 14.1. The number of benzene rings is 4. The molecule has 0 saturated carbocycles. The number of hydrogen-bond donors (Lipinski definition) is 0. The number of carbonyl (C=O) groups excluding carboxylic acids is 4. The summed E-state index contributed by atoms with van der Waals surface area (Å²) < 4.78 is 34.9. The quantitative estimate of drug-likeness (QED) is 0.171. The average Bonchev–Trinajstić information content (AvgIpc) is 3.39. The van der Waals surface area contributed by atoms with Crippen molar-refractivity contribution in [2.75, 3.05) is 20.3 Å². The minimum Gasteiger partial charge on any atom is -0.459 e.